The van der Waals surface area contributed by atoms with Gasteiger partial charge in [-0.25, -0.2) is 13.1 Å². The molecule has 9 heteroatoms. The molecule has 0 saturated heterocycles. The molecule has 1 aromatic rings. The van der Waals surface area contributed by atoms with E-state index < -0.39 is 33.9 Å². The van der Waals surface area contributed by atoms with E-state index in [1.807, 2.05) is 4.72 Å². The van der Waals surface area contributed by atoms with Gasteiger partial charge >= 0.3 is 0 Å². The smallest absolute Gasteiger partial charge is 0.264 e. The van der Waals surface area contributed by atoms with Crippen LogP contribution in [0.5, 0.6) is 0 Å². The number of carbonyl (C=O) groups is 2. The Morgan fingerprint density at radius 2 is 1.48 bits per heavy atom. The van der Waals surface area contributed by atoms with E-state index >= 15 is 0 Å². The molecule has 1 aromatic carbocycles. The van der Waals surface area contributed by atoms with Crippen LogP contribution in [0.3, 0.4) is 0 Å². The van der Waals surface area contributed by atoms with Crippen molar-refractivity contribution in [2.24, 2.45) is 17.6 Å². The van der Waals surface area contributed by atoms with Crippen molar-refractivity contribution in [1.29, 1.82) is 0 Å². The van der Waals surface area contributed by atoms with Gasteiger partial charge in [-0.15, -0.1) is 0 Å². The van der Waals surface area contributed by atoms with Crippen LogP contribution in [0.4, 0.5) is 5.69 Å². The minimum absolute atomic E-state index is 0.0947. The SMILES string of the molecule is CC(C)[C@@H](N)C(=O)N[C@@H](C(=O)NS(=O)(=O)c1ccc(N)cc1)C(C)C. The number of nitrogens with two attached hydrogens (primary N) is 2. The third-order valence-electron chi connectivity index (χ3n) is 3.69. The van der Waals surface area contributed by atoms with Gasteiger partial charge in [-0.3, -0.25) is 9.59 Å². The number of amides is 2. The number of nitrogen functional groups attached to an aromatic ring is 1. The van der Waals surface area contributed by atoms with Crippen LogP contribution in [0.25, 0.3) is 0 Å². The highest BCUT2D eigenvalue weighted by Gasteiger charge is 2.30. The lowest BCUT2D eigenvalue weighted by molar-refractivity contribution is -0.130. The molecule has 0 unspecified atom stereocenters. The van der Waals surface area contributed by atoms with Crippen LogP contribution in [-0.2, 0) is 19.6 Å². The van der Waals surface area contributed by atoms with Gasteiger partial charge in [0.25, 0.3) is 15.9 Å². The Labute approximate surface area is 148 Å². The summed E-state index contributed by atoms with van der Waals surface area (Å²) in [5.74, 6) is -1.77. The second-order valence-electron chi connectivity index (χ2n) is 6.54. The minimum atomic E-state index is -4.06. The maximum Gasteiger partial charge on any atom is 0.264 e. The van der Waals surface area contributed by atoms with Crippen LogP contribution in [0.1, 0.15) is 27.7 Å². The molecule has 0 spiro atoms. The van der Waals surface area contributed by atoms with E-state index in [0.29, 0.717) is 5.69 Å². The van der Waals surface area contributed by atoms with Gasteiger partial charge in [-0.05, 0) is 36.1 Å². The van der Waals surface area contributed by atoms with Crippen molar-refractivity contribution in [3.63, 3.8) is 0 Å². The van der Waals surface area contributed by atoms with Gasteiger partial charge in [-0.2, -0.15) is 0 Å². The minimum Gasteiger partial charge on any atom is -0.399 e. The van der Waals surface area contributed by atoms with Crippen molar-refractivity contribution in [1.82, 2.24) is 10.0 Å². The van der Waals surface area contributed by atoms with E-state index in [1.165, 1.54) is 24.3 Å². The molecule has 8 nitrogen and oxygen atoms in total. The number of carbonyl (C=O) groups excluding carboxylic acids is 2. The first kappa shape index (κ1) is 20.9. The zero-order valence-corrected chi connectivity index (χ0v) is 15.6. The van der Waals surface area contributed by atoms with Crippen LogP contribution in [0, 0.1) is 11.8 Å². The molecule has 0 saturated carbocycles. The second kappa shape index (κ2) is 8.30. The number of benzene rings is 1. The lowest BCUT2D eigenvalue weighted by Gasteiger charge is -2.24. The number of hydrogen-bond acceptors (Lipinski definition) is 6. The largest absolute Gasteiger partial charge is 0.399 e. The fourth-order valence-corrected chi connectivity index (χ4v) is 2.99. The maximum absolute atomic E-state index is 12.4. The first-order valence-electron chi connectivity index (χ1n) is 7.94. The van der Waals surface area contributed by atoms with Crippen molar-refractivity contribution in [2.75, 3.05) is 5.73 Å². The van der Waals surface area contributed by atoms with Gasteiger partial charge in [0.1, 0.15) is 6.04 Å². The lowest BCUT2D eigenvalue weighted by atomic mass is 10.0. The molecule has 2 atom stereocenters. The Kier molecular flexibility index (Phi) is 6.95. The summed E-state index contributed by atoms with van der Waals surface area (Å²) in [4.78, 5) is 24.4. The first-order valence-corrected chi connectivity index (χ1v) is 9.42. The van der Waals surface area contributed by atoms with Crippen LogP contribution < -0.4 is 21.5 Å². The average Bonchev–Trinajstić information content (AvgIpc) is 2.50. The fraction of sp³-hybridized carbons (Fsp3) is 0.500. The van der Waals surface area contributed by atoms with Crippen LogP contribution in [0.2, 0.25) is 0 Å². The third-order valence-corrected chi connectivity index (χ3v) is 5.06. The highest BCUT2D eigenvalue weighted by Crippen LogP contribution is 2.12. The summed E-state index contributed by atoms with van der Waals surface area (Å²) in [5.41, 5.74) is 11.7. The first-order chi connectivity index (χ1) is 11.5. The summed E-state index contributed by atoms with van der Waals surface area (Å²) in [6, 6.07) is 3.61. The Morgan fingerprint density at radius 3 is 1.92 bits per heavy atom. The Hall–Kier alpha value is -2.13. The van der Waals surface area contributed by atoms with Crippen molar-refractivity contribution in [2.45, 2.75) is 44.7 Å². The van der Waals surface area contributed by atoms with Gasteiger partial charge in [0.15, 0.2) is 0 Å². The number of nitrogens with one attached hydrogen (secondary N) is 2. The predicted molar refractivity (Wildman–Crippen MR) is 95.8 cm³/mol. The molecule has 1 rings (SSSR count). The summed E-state index contributed by atoms with van der Waals surface area (Å²) < 4.78 is 26.6. The number of sulfonamides is 1. The normalized spacial score (nSPS) is 14.2. The predicted octanol–water partition coefficient (Wildman–Crippen LogP) is 0.198. The van der Waals surface area contributed by atoms with E-state index in [4.69, 9.17) is 11.5 Å². The van der Waals surface area contributed by atoms with Gasteiger partial charge in [-0.1, -0.05) is 27.7 Å². The molecule has 0 fully saturated rings. The molecule has 0 aromatic heterocycles. The van der Waals surface area contributed by atoms with E-state index in [1.54, 1.807) is 27.7 Å². The molecule has 0 radical (unpaired) electrons. The molecule has 140 valence electrons. The highest BCUT2D eigenvalue weighted by molar-refractivity contribution is 7.90. The number of rotatable bonds is 7. The third kappa shape index (κ3) is 5.71. The standard InChI is InChI=1S/C16H26N4O4S/c1-9(2)13(18)15(21)19-14(10(3)4)16(22)20-25(23,24)12-7-5-11(17)6-8-12/h5-10,13-14H,17-18H2,1-4H3,(H,19,21)(H,20,22)/t13-,14-/m1/s1. The van der Waals surface area contributed by atoms with Crippen molar-refractivity contribution >= 4 is 27.5 Å². The zero-order valence-electron chi connectivity index (χ0n) is 14.8. The lowest BCUT2D eigenvalue weighted by Crippen LogP contribution is -2.55. The maximum atomic E-state index is 12.4. The summed E-state index contributed by atoms with van der Waals surface area (Å²) in [6.07, 6.45) is 0. The Balaban J connectivity index is 2.93. The van der Waals surface area contributed by atoms with Crippen molar-refractivity contribution < 1.29 is 18.0 Å². The van der Waals surface area contributed by atoms with Crippen LogP contribution in [-0.4, -0.2) is 32.3 Å². The van der Waals surface area contributed by atoms with Gasteiger partial charge in [0.05, 0.1) is 10.9 Å². The second-order valence-corrected chi connectivity index (χ2v) is 8.22. The molecular formula is C16H26N4O4S. The molecule has 6 N–H and O–H groups in total. The number of anilines is 1. The topological polar surface area (TPSA) is 144 Å². The van der Waals surface area contributed by atoms with Crippen molar-refractivity contribution in [3.05, 3.63) is 24.3 Å². The van der Waals surface area contributed by atoms with Gasteiger partial charge in [0, 0.05) is 5.69 Å². The molecule has 0 aliphatic rings. The Morgan fingerprint density at radius 1 is 0.960 bits per heavy atom. The molecule has 0 bridgehead atoms. The Bertz CT molecular complexity index is 714. The van der Waals surface area contributed by atoms with Crippen LogP contribution in [0.15, 0.2) is 29.2 Å². The van der Waals surface area contributed by atoms with Gasteiger partial charge < -0.3 is 16.8 Å². The molecule has 2 amide bonds. The van der Waals surface area contributed by atoms with Crippen molar-refractivity contribution in [3.8, 4) is 0 Å². The fourth-order valence-electron chi connectivity index (χ4n) is 1.99. The molecule has 25 heavy (non-hydrogen) atoms. The molecular weight excluding hydrogens is 344 g/mol. The highest BCUT2D eigenvalue weighted by atomic mass is 32.2. The van der Waals surface area contributed by atoms with E-state index in [2.05, 4.69) is 5.32 Å². The summed E-state index contributed by atoms with van der Waals surface area (Å²) in [6.45, 7) is 6.95. The summed E-state index contributed by atoms with van der Waals surface area (Å²) >= 11 is 0. The van der Waals surface area contributed by atoms with E-state index in [0.717, 1.165) is 0 Å². The number of hydrogen-bond donors (Lipinski definition) is 4. The quantitative estimate of drug-likeness (QED) is 0.505. The zero-order chi connectivity index (χ0) is 19.4. The average molecular weight is 370 g/mol. The molecule has 0 heterocycles. The summed E-state index contributed by atoms with van der Waals surface area (Å²) in [7, 11) is -4.06. The van der Waals surface area contributed by atoms with E-state index in [9.17, 15) is 18.0 Å². The van der Waals surface area contributed by atoms with E-state index in [-0.39, 0.29) is 16.7 Å². The monoisotopic (exact) mass is 370 g/mol. The molecule has 0 aliphatic heterocycles. The molecule has 0 aliphatic carbocycles. The van der Waals surface area contributed by atoms with Crippen LogP contribution >= 0.6 is 0 Å². The van der Waals surface area contributed by atoms with Gasteiger partial charge in [0.2, 0.25) is 5.91 Å². The summed E-state index contributed by atoms with van der Waals surface area (Å²) in [5, 5.41) is 2.52.